The molecule has 1 aromatic heterocycles. The fourth-order valence-corrected chi connectivity index (χ4v) is 5.46. The van der Waals surface area contributed by atoms with E-state index < -0.39 is 10.0 Å². The minimum Gasteiger partial charge on any atom is -0.494 e. The standard InChI is InChI=1S/C25H30N4O4S/c1-4-32-21-10-12-23(33-5-2)24(18-21)34(30,31)29-16-14-28(15-17-29)25-13-11-22(26-27-25)20-8-6-19(3)7-9-20/h6-13,18H,4-5,14-17H2,1-3H3. The summed E-state index contributed by atoms with van der Waals surface area (Å²) in [7, 11) is -3.74. The summed E-state index contributed by atoms with van der Waals surface area (Å²) < 4.78 is 39.5. The number of sulfonamides is 1. The van der Waals surface area contributed by atoms with Crippen LogP contribution in [0.4, 0.5) is 5.82 Å². The number of aromatic nitrogens is 2. The van der Waals surface area contributed by atoms with Crippen LogP contribution in [0.1, 0.15) is 19.4 Å². The fourth-order valence-electron chi connectivity index (χ4n) is 3.89. The number of hydrogen-bond acceptors (Lipinski definition) is 7. The van der Waals surface area contributed by atoms with Crippen LogP contribution in [0.2, 0.25) is 0 Å². The zero-order chi connectivity index (χ0) is 24.1. The summed E-state index contributed by atoms with van der Waals surface area (Å²) >= 11 is 0. The van der Waals surface area contributed by atoms with E-state index in [-0.39, 0.29) is 4.90 Å². The lowest BCUT2D eigenvalue weighted by Crippen LogP contribution is -2.49. The zero-order valence-electron chi connectivity index (χ0n) is 19.8. The second kappa shape index (κ2) is 10.4. The second-order valence-electron chi connectivity index (χ2n) is 8.01. The van der Waals surface area contributed by atoms with Crippen LogP contribution in [0.3, 0.4) is 0 Å². The van der Waals surface area contributed by atoms with E-state index in [1.807, 2.05) is 57.2 Å². The lowest BCUT2D eigenvalue weighted by atomic mass is 10.1. The van der Waals surface area contributed by atoms with Crippen LogP contribution in [0.15, 0.2) is 59.5 Å². The van der Waals surface area contributed by atoms with Gasteiger partial charge in [0.05, 0.1) is 18.9 Å². The molecule has 1 saturated heterocycles. The van der Waals surface area contributed by atoms with Crippen LogP contribution in [-0.4, -0.2) is 62.3 Å². The minimum absolute atomic E-state index is 0.135. The van der Waals surface area contributed by atoms with Gasteiger partial charge in [-0.25, -0.2) is 8.42 Å². The smallest absolute Gasteiger partial charge is 0.247 e. The molecule has 0 amide bonds. The van der Waals surface area contributed by atoms with E-state index >= 15 is 0 Å². The number of aryl methyl sites for hydroxylation is 1. The van der Waals surface area contributed by atoms with Gasteiger partial charge in [-0.05, 0) is 45.0 Å². The molecule has 2 heterocycles. The van der Waals surface area contributed by atoms with Crippen LogP contribution < -0.4 is 14.4 Å². The number of piperazine rings is 1. The van der Waals surface area contributed by atoms with E-state index in [4.69, 9.17) is 9.47 Å². The van der Waals surface area contributed by atoms with Gasteiger partial charge >= 0.3 is 0 Å². The summed E-state index contributed by atoms with van der Waals surface area (Å²) in [6.07, 6.45) is 0. The van der Waals surface area contributed by atoms with E-state index in [1.54, 1.807) is 18.2 Å². The topological polar surface area (TPSA) is 84.9 Å². The number of anilines is 1. The van der Waals surface area contributed by atoms with Crippen molar-refractivity contribution in [2.24, 2.45) is 0 Å². The van der Waals surface area contributed by atoms with Crippen LogP contribution in [0, 0.1) is 6.92 Å². The molecule has 1 fully saturated rings. The molecule has 0 atom stereocenters. The molecule has 0 unspecified atom stereocenters. The molecule has 0 aliphatic carbocycles. The van der Waals surface area contributed by atoms with Gasteiger partial charge in [0.1, 0.15) is 16.4 Å². The van der Waals surface area contributed by atoms with Gasteiger partial charge in [0.15, 0.2) is 5.82 Å². The normalized spacial score (nSPS) is 14.7. The summed E-state index contributed by atoms with van der Waals surface area (Å²) in [6, 6.07) is 17.0. The predicted octanol–water partition coefficient (Wildman–Crippen LogP) is 3.76. The highest BCUT2D eigenvalue weighted by molar-refractivity contribution is 7.89. The third-order valence-electron chi connectivity index (χ3n) is 5.70. The Hall–Kier alpha value is -3.17. The van der Waals surface area contributed by atoms with E-state index in [0.717, 1.165) is 17.1 Å². The molecule has 34 heavy (non-hydrogen) atoms. The largest absolute Gasteiger partial charge is 0.494 e. The summed E-state index contributed by atoms with van der Waals surface area (Å²) in [5.41, 5.74) is 3.02. The van der Waals surface area contributed by atoms with Crippen molar-refractivity contribution in [3.05, 3.63) is 60.2 Å². The monoisotopic (exact) mass is 482 g/mol. The Morgan fingerprint density at radius 3 is 2.18 bits per heavy atom. The van der Waals surface area contributed by atoms with Gasteiger partial charge in [0, 0.05) is 37.8 Å². The van der Waals surface area contributed by atoms with E-state index in [1.165, 1.54) is 9.87 Å². The van der Waals surface area contributed by atoms with Crippen molar-refractivity contribution in [2.45, 2.75) is 25.7 Å². The van der Waals surface area contributed by atoms with Gasteiger partial charge in [0.2, 0.25) is 10.0 Å². The van der Waals surface area contributed by atoms with Gasteiger partial charge < -0.3 is 14.4 Å². The van der Waals surface area contributed by atoms with Crippen LogP contribution in [0.25, 0.3) is 11.3 Å². The molecule has 3 aromatic rings. The summed E-state index contributed by atoms with van der Waals surface area (Å²) in [5, 5.41) is 8.76. The Balaban J connectivity index is 1.47. The minimum atomic E-state index is -3.74. The molecule has 1 aliphatic rings. The van der Waals surface area contributed by atoms with Gasteiger partial charge in [-0.1, -0.05) is 29.8 Å². The van der Waals surface area contributed by atoms with E-state index in [0.29, 0.717) is 50.9 Å². The quantitative estimate of drug-likeness (QED) is 0.483. The highest BCUT2D eigenvalue weighted by Crippen LogP contribution is 2.32. The Labute approximate surface area is 201 Å². The van der Waals surface area contributed by atoms with Gasteiger partial charge in [0.25, 0.3) is 0 Å². The SMILES string of the molecule is CCOc1ccc(OCC)c(S(=O)(=O)N2CCN(c3ccc(-c4ccc(C)cc4)nn3)CC2)c1. The second-order valence-corrected chi connectivity index (χ2v) is 9.91. The molecule has 0 N–H and O–H groups in total. The molecule has 0 spiro atoms. The molecule has 1 aliphatic heterocycles. The van der Waals surface area contributed by atoms with Crippen molar-refractivity contribution in [1.29, 1.82) is 0 Å². The molecule has 9 heteroatoms. The lowest BCUT2D eigenvalue weighted by Gasteiger charge is -2.34. The van der Waals surface area contributed by atoms with Crippen molar-refractivity contribution in [3.63, 3.8) is 0 Å². The van der Waals surface area contributed by atoms with Crippen molar-refractivity contribution in [3.8, 4) is 22.8 Å². The van der Waals surface area contributed by atoms with E-state index in [9.17, 15) is 8.42 Å². The number of rotatable bonds is 8. The maximum atomic E-state index is 13.5. The van der Waals surface area contributed by atoms with Gasteiger partial charge in [-0.2, -0.15) is 4.31 Å². The first-order valence-corrected chi connectivity index (χ1v) is 12.9. The first-order valence-electron chi connectivity index (χ1n) is 11.5. The average molecular weight is 483 g/mol. The first kappa shape index (κ1) is 24.0. The molecule has 8 nitrogen and oxygen atoms in total. The van der Waals surface area contributed by atoms with Crippen molar-refractivity contribution >= 4 is 15.8 Å². The maximum Gasteiger partial charge on any atom is 0.247 e. The number of hydrogen-bond donors (Lipinski definition) is 0. The molecule has 180 valence electrons. The predicted molar refractivity (Wildman–Crippen MR) is 132 cm³/mol. The summed E-state index contributed by atoms with van der Waals surface area (Å²) in [5.74, 6) is 1.58. The summed E-state index contributed by atoms with van der Waals surface area (Å²) in [4.78, 5) is 2.19. The Bertz CT molecular complexity index is 1210. The molecule has 0 radical (unpaired) electrons. The number of nitrogens with zero attached hydrogens (tertiary/aromatic N) is 4. The van der Waals surface area contributed by atoms with Gasteiger partial charge in [-0.15, -0.1) is 10.2 Å². The van der Waals surface area contributed by atoms with Crippen LogP contribution in [-0.2, 0) is 10.0 Å². The Morgan fingerprint density at radius 1 is 0.853 bits per heavy atom. The maximum absolute atomic E-state index is 13.5. The molecule has 0 bridgehead atoms. The average Bonchev–Trinajstić information content (AvgIpc) is 2.86. The van der Waals surface area contributed by atoms with Crippen molar-refractivity contribution < 1.29 is 17.9 Å². The van der Waals surface area contributed by atoms with Crippen molar-refractivity contribution in [1.82, 2.24) is 14.5 Å². The molecule has 4 rings (SSSR count). The Morgan fingerprint density at radius 2 is 1.56 bits per heavy atom. The summed E-state index contributed by atoms with van der Waals surface area (Å²) in [6.45, 7) is 8.29. The highest BCUT2D eigenvalue weighted by Gasteiger charge is 2.32. The number of benzene rings is 2. The van der Waals surface area contributed by atoms with E-state index in [2.05, 4.69) is 15.1 Å². The Kier molecular flexibility index (Phi) is 7.33. The third-order valence-corrected chi connectivity index (χ3v) is 7.62. The first-order chi connectivity index (χ1) is 16.4. The molecular formula is C25H30N4O4S. The number of ether oxygens (including phenoxy) is 2. The van der Waals surface area contributed by atoms with Crippen LogP contribution in [0.5, 0.6) is 11.5 Å². The molecule has 0 saturated carbocycles. The van der Waals surface area contributed by atoms with Crippen LogP contribution >= 0.6 is 0 Å². The van der Waals surface area contributed by atoms with Crippen molar-refractivity contribution in [2.75, 3.05) is 44.3 Å². The third kappa shape index (κ3) is 5.15. The highest BCUT2D eigenvalue weighted by atomic mass is 32.2. The molecular weight excluding hydrogens is 452 g/mol. The van der Waals surface area contributed by atoms with Gasteiger partial charge in [-0.3, -0.25) is 0 Å². The molecule has 2 aromatic carbocycles. The zero-order valence-corrected chi connectivity index (χ0v) is 20.6. The lowest BCUT2D eigenvalue weighted by molar-refractivity contribution is 0.319. The fraction of sp³-hybridized carbons (Fsp3) is 0.360.